The lowest BCUT2D eigenvalue weighted by atomic mass is 10.4. The first-order valence-electron chi connectivity index (χ1n) is 6.86. The first-order valence-corrected chi connectivity index (χ1v) is 8.66. The normalized spacial score (nSPS) is 14.5. The summed E-state index contributed by atoms with van der Waals surface area (Å²) in [5, 5.41) is 10.8. The van der Waals surface area contributed by atoms with Crippen molar-refractivity contribution in [3.05, 3.63) is 0 Å². The van der Waals surface area contributed by atoms with Crippen molar-refractivity contribution in [1.29, 1.82) is 0 Å². The van der Waals surface area contributed by atoms with Crippen molar-refractivity contribution in [2.45, 2.75) is 24.1 Å². The molecule has 1 aliphatic rings. The summed E-state index contributed by atoms with van der Waals surface area (Å²) < 4.78 is 5.56. The number of ether oxygens (including phenoxy) is 1. The molecule has 2 heterocycles. The molecule has 1 N–H and O–H groups in total. The first kappa shape index (κ1) is 16.1. The smallest absolute Gasteiger partial charge is 0.413 e. The molecular formula is C13H18N4O2S2. The van der Waals surface area contributed by atoms with Crippen LogP contribution in [0, 0.1) is 11.8 Å². The quantitative estimate of drug-likeness (QED) is 0.509. The minimum atomic E-state index is -0.504. The molecule has 1 fully saturated rings. The lowest BCUT2D eigenvalue weighted by molar-refractivity contribution is 0.168. The molecule has 0 aromatic carbocycles. The SMILES string of the molecule is CCOC(=O)Nc1nnc(SCC#CCN2CCCC2)s1. The van der Waals surface area contributed by atoms with Gasteiger partial charge in [-0.3, -0.25) is 10.2 Å². The zero-order chi connectivity index (χ0) is 14.9. The Labute approximate surface area is 132 Å². The van der Waals surface area contributed by atoms with Gasteiger partial charge in [-0.1, -0.05) is 34.9 Å². The molecule has 1 saturated heterocycles. The van der Waals surface area contributed by atoms with Crippen molar-refractivity contribution in [3.8, 4) is 11.8 Å². The number of hydrogen-bond acceptors (Lipinski definition) is 7. The van der Waals surface area contributed by atoms with E-state index in [0.717, 1.165) is 10.9 Å². The Morgan fingerprint density at radius 2 is 2.24 bits per heavy atom. The van der Waals surface area contributed by atoms with Gasteiger partial charge in [0.2, 0.25) is 5.13 Å². The lowest BCUT2D eigenvalue weighted by Crippen LogP contribution is -2.18. The van der Waals surface area contributed by atoms with Crippen LogP contribution in [0.3, 0.4) is 0 Å². The molecule has 1 amide bonds. The summed E-state index contributed by atoms with van der Waals surface area (Å²) in [6, 6.07) is 0. The Balaban J connectivity index is 1.67. The van der Waals surface area contributed by atoms with Gasteiger partial charge in [0.25, 0.3) is 0 Å². The molecule has 21 heavy (non-hydrogen) atoms. The van der Waals surface area contributed by atoms with Gasteiger partial charge in [0.15, 0.2) is 4.34 Å². The highest BCUT2D eigenvalue weighted by Gasteiger charge is 2.09. The standard InChI is InChI=1S/C13H18N4O2S2/c1-2-19-12(18)14-11-15-16-13(21-11)20-10-6-5-9-17-7-3-4-8-17/h2-4,7-10H2,1H3,(H,14,15,18). The van der Waals surface area contributed by atoms with Crippen LogP contribution in [0.25, 0.3) is 0 Å². The minimum Gasteiger partial charge on any atom is -0.450 e. The highest BCUT2D eigenvalue weighted by atomic mass is 32.2. The van der Waals surface area contributed by atoms with Gasteiger partial charge < -0.3 is 4.74 Å². The number of likely N-dealkylation sites (tertiary alicyclic amines) is 1. The molecular weight excluding hydrogens is 308 g/mol. The topological polar surface area (TPSA) is 67.3 Å². The van der Waals surface area contributed by atoms with E-state index < -0.39 is 6.09 Å². The summed E-state index contributed by atoms with van der Waals surface area (Å²) in [7, 11) is 0. The molecule has 1 aliphatic heterocycles. The molecule has 0 radical (unpaired) electrons. The van der Waals surface area contributed by atoms with Crippen LogP contribution >= 0.6 is 23.1 Å². The van der Waals surface area contributed by atoms with Gasteiger partial charge in [-0.15, -0.1) is 10.2 Å². The molecule has 0 atom stereocenters. The second-order valence-corrected chi connectivity index (χ2v) is 6.54. The molecule has 6 nitrogen and oxygen atoms in total. The molecule has 2 rings (SSSR count). The Morgan fingerprint density at radius 3 is 3.00 bits per heavy atom. The number of carbonyl (C=O) groups is 1. The Bertz CT molecular complexity index is 518. The third-order valence-corrected chi connectivity index (χ3v) is 4.64. The fourth-order valence-electron chi connectivity index (χ4n) is 1.83. The lowest BCUT2D eigenvalue weighted by Gasteiger charge is -2.08. The third kappa shape index (κ3) is 5.91. The van der Waals surface area contributed by atoms with E-state index in [1.54, 1.807) is 6.92 Å². The molecule has 1 aromatic heterocycles. The number of anilines is 1. The predicted molar refractivity (Wildman–Crippen MR) is 84.7 cm³/mol. The third-order valence-electron chi connectivity index (χ3n) is 2.79. The second kappa shape index (κ2) is 8.87. The molecule has 114 valence electrons. The summed E-state index contributed by atoms with van der Waals surface area (Å²) in [6.45, 7) is 5.27. The number of nitrogens with zero attached hydrogens (tertiary/aromatic N) is 3. The molecule has 8 heteroatoms. The van der Waals surface area contributed by atoms with Crippen LogP contribution in [0.4, 0.5) is 9.93 Å². The average Bonchev–Trinajstić information content (AvgIpc) is 3.10. The van der Waals surface area contributed by atoms with Crippen molar-refractivity contribution in [1.82, 2.24) is 15.1 Å². The van der Waals surface area contributed by atoms with Gasteiger partial charge in [-0.05, 0) is 32.9 Å². The molecule has 1 aromatic rings. The van der Waals surface area contributed by atoms with E-state index in [9.17, 15) is 4.79 Å². The molecule has 0 aliphatic carbocycles. The monoisotopic (exact) mass is 326 g/mol. The van der Waals surface area contributed by atoms with E-state index in [4.69, 9.17) is 4.74 Å². The Hall–Kier alpha value is -1.30. The van der Waals surface area contributed by atoms with E-state index in [0.29, 0.717) is 17.5 Å². The van der Waals surface area contributed by atoms with Gasteiger partial charge in [-0.25, -0.2) is 4.79 Å². The zero-order valence-corrected chi connectivity index (χ0v) is 13.6. The van der Waals surface area contributed by atoms with Crippen LogP contribution in [-0.4, -0.2) is 53.2 Å². The van der Waals surface area contributed by atoms with Gasteiger partial charge >= 0.3 is 6.09 Å². The van der Waals surface area contributed by atoms with Crippen molar-refractivity contribution in [2.75, 3.05) is 37.3 Å². The number of rotatable bonds is 5. The largest absolute Gasteiger partial charge is 0.450 e. The number of thioether (sulfide) groups is 1. The van der Waals surface area contributed by atoms with Crippen LogP contribution in [0.5, 0.6) is 0 Å². The van der Waals surface area contributed by atoms with Gasteiger partial charge in [0, 0.05) is 0 Å². The second-order valence-electron chi connectivity index (χ2n) is 4.34. The molecule has 0 unspecified atom stereocenters. The number of aromatic nitrogens is 2. The number of hydrogen-bond donors (Lipinski definition) is 1. The molecule has 0 bridgehead atoms. The van der Waals surface area contributed by atoms with E-state index >= 15 is 0 Å². The van der Waals surface area contributed by atoms with E-state index in [-0.39, 0.29) is 0 Å². The minimum absolute atomic E-state index is 0.332. The van der Waals surface area contributed by atoms with E-state index in [1.807, 2.05) is 0 Å². The summed E-state index contributed by atoms with van der Waals surface area (Å²) in [5.41, 5.74) is 0. The van der Waals surface area contributed by atoms with Crippen molar-refractivity contribution < 1.29 is 9.53 Å². The van der Waals surface area contributed by atoms with Gasteiger partial charge in [0.05, 0.1) is 18.9 Å². The van der Waals surface area contributed by atoms with Crippen LogP contribution in [0.1, 0.15) is 19.8 Å². The van der Waals surface area contributed by atoms with E-state index in [1.165, 1.54) is 49.0 Å². The highest BCUT2D eigenvalue weighted by molar-refractivity contribution is 8.01. The maximum atomic E-state index is 11.2. The summed E-state index contributed by atoms with van der Waals surface area (Å²) in [4.78, 5) is 13.6. The van der Waals surface area contributed by atoms with Crippen LogP contribution < -0.4 is 5.32 Å². The van der Waals surface area contributed by atoms with Gasteiger partial charge in [-0.2, -0.15) is 0 Å². The summed E-state index contributed by atoms with van der Waals surface area (Å²) in [6.07, 6.45) is 2.07. The maximum absolute atomic E-state index is 11.2. The van der Waals surface area contributed by atoms with Crippen LogP contribution in [0.15, 0.2) is 4.34 Å². The molecule has 0 spiro atoms. The van der Waals surface area contributed by atoms with Crippen LogP contribution in [-0.2, 0) is 4.74 Å². The Morgan fingerprint density at radius 1 is 1.43 bits per heavy atom. The van der Waals surface area contributed by atoms with Crippen molar-refractivity contribution in [2.24, 2.45) is 0 Å². The Kier molecular flexibility index (Phi) is 6.79. The fourth-order valence-corrected chi connectivity index (χ4v) is 3.34. The van der Waals surface area contributed by atoms with E-state index in [2.05, 4.69) is 32.3 Å². The average molecular weight is 326 g/mol. The highest BCUT2D eigenvalue weighted by Crippen LogP contribution is 2.25. The number of carbonyl (C=O) groups excluding carboxylic acids is 1. The summed E-state index contributed by atoms with van der Waals surface area (Å²) >= 11 is 2.85. The fraction of sp³-hybridized carbons (Fsp3) is 0.615. The zero-order valence-electron chi connectivity index (χ0n) is 11.9. The van der Waals surface area contributed by atoms with Crippen LogP contribution in [0.2, 0.25) is 0 Å². The molecule has 0 saturated carbocycles. The number of nitrogens with one attached hydrogen (secondary N) is 1. The number of amides is 1. The summed E-state index contributed by atoms with van der Waals surface area (Å²) in [5.74, 6) is 6.99. The predicted octanol–water partition coefficient (Wildman–Crippen LogP) is 2.30. The van der Waals surface area contributed by atoms with Crippen molar-refractivity contribution in [3.63, 3.8) is 0 Å². The first-order chi connectivity index (χ1) is 10.3. The van der Waals surface area contributed by atoms with Crippen molar-refractivity contribution >= 4 is 34.3 Å². The van der Waals surface area contributed by atoms with Gasteiger partial charge in [0.1, 0.15) is 0 Å². The maximum Gasteiger partial charge on any atom is 0.413 e.